The number of hydrogen-bond donors (Lipinski definition) is 3. The third kappa shape index (κ3) is 7.40. The molecule has 0 radical (unpaired) electrons. The van der Waals surface area contributed by atoms with Gasteiger partial charge >= 0.3 is 0 Å². The number of hydrogen-bond acceptors (Lipinski definition) is 10. The molecule has 4 amide bonds. The maximum atomic E-state index is 14.3. The van der Waals surface area contributed by atoms with Crippen LogP contribution >= 0.6 is 22.7 Å². The lowest BCUT2D eigenvalue weighted by molar-refractivity contribution is -0.133. The Morgan fingerprint density at radius 2 is 1.57 bits per heavy atom. The van der Waals surface area contributed by atoms with Crippen LogP contribution in [0.25, 0.3) is 0 Å². The minimum Gasteiger partial charge on any atom is -0.474 e. The molecular formula is C35H43N7O5S2. The van der Waals surface area contributed by atoms with Crippen LogP contribution in [0.2, 0.25) is 0 Å². The van der Waals surface area contributed by atoms with Gasteiger partial charge < -0.3 is 25.6 Å². The van der Waals surface area contributed by atoms with Crippen molar-refractivity contribution in [2.24, 2.45) is 16.8 Å². The quantitative estimate of drug-likeness (QED) is 0.354. The molecule has 7 unspecified atom stereocenters. The van der Waals surface area contributed by atoms with Crippen LogP contribution in [0.15, 0.2) is 46.1 Å². The van der Waals surface area contributed by atoms with Gasteiger partial charge in [-0.2, -0.15) is 0 Å². The van der Waals surface area contributed by atoms with Crippen LogP contribution in [0, 0.1) is 11.8 Å². The van der Waals surface area contributed by atoms with E-state index in [1.807, 2.05) is 58.0 Å². The van der Waals surface area contributed by atoms with Gasteiger partial charge in [-0.05, 0) is 37.2 Å². The summed E-state index contributed by atoms with van der Waals surface area (Å²) in [6.07, 6.45) is 1.84. The van der Waals surface area contributed by atoms with Gasteiger partial charge in [0, 0.05) is 23.7 Å². The molecule has 7 atom stereocenters. The molecule has 0 spiro atoms. The van der Waals surface area contributed by atoms with Gasteiger partial charge in [0.2, 0.25) is 17.7 Å². The summed E-state index contributed by atoms with van der Waals surface area (Å²) < 4.78 is 6.17. The van der Waals surface area contributed by atoms with Gasteiger partial charge in [0.05, 0.1) is 12.1 Å². The Balaban J connectivity index is 1.39. The Hall–Kier alpha value is -4.17. The minimum atomic E-state index is -0.885. The number of amides is 4. The second kappa shape index (κ2) is 14.8. The van der Waals surface area contributed by atoms with Crippen LogP contribution in [0.1, 0.15) is 103 Å². The van der Waals surface area contributed by atoms with Gasteiger partial charge in [0.15, 0.2) is 6.04 Å². The number of nitrogens with one attached hydrogen (secondary N) is 3. The number of thiazole rings is 2. The highest BCUT2D eigenvalue weighted by atomic mass is 32.1. The van der Waals surface area contributed by atoms with Crippen molar-refractivity contribution >= 4 is 52.2 Å². The van der Waals surface area contributed by atoms with Crippen LogP contribution in [0.5, 0.6) is 0 Å². The molecule has 49 heavy (non-hydrogen) atoms. The summed E-state index contributed by atoms with van der Waals surface area (Å²) in [4.78, 5) is 71.1. The zero-order valence-electron chi connectivity index (χ0n) is 28.3. The fourth-order valence-corrected chi connectivity index (χ4v) is 8.46. The lowest BCUT2D eigenvalue weighted by Crippen LogP contribution is -2.52. The SMILES string of the molecule is CCC(C)C1NC(=O)c2csc(n2)C(C(C)C)NC(=O)C2N=C(OC2C)C2CCCN2C(=O)C(Cc2ccccc2)NC(=O)c2csc1n2. The first kappa shape index (κ1) is 34.7. The van der Waals surface area contributed by atoms with E-state index in [0.717, 1.165) is 18.4 Å². The first-order chi connectivity index (χ1) is 23.5. The predicted molar refractivity (Wildman–Crippen MR) is 188 cm³/mol. The van der Waals surface area contributed by atoms with Crippen LogP contribution in [0.3, 0.4) is 0 Å². The zero-order valence-corrected chi connectivity index (χ0v) is 30.0. The van der Waals surface area contributed by atoms with E-state index >= 15 is 0 Å². The maximum absolute atomic E-state index is 14.3. The van der Waals surface area contributed by atoms with Crippen LogP contribution in [-0.4, -0.2) is 75.2 Å². The number of benzene rings is 1. The van der Waals surface area contributed by atoms with Crippen molar-refractivity contribution in [3.63, 3.8) is 0 Å². The Labute approximate surface area is 294 Å². The van der Waals surface area contributed by atoms with E-state index in [1.165, 1.54) is 22.7 Å². The summed E-state index contributed by atoms with van der Waals surface area (Å²) in [6.45, 7) is 10.3. The first-order valence-corrected chi connectivity index (χ1v) is 18.7. The average Bonchev–Trinajstić information content (AvgIpc) is 3.91. The van der Waals surface area contributed by atoms with Crippen molar-refractivity contribution in [3.8, 4) is 0 Å². The fourth-order valence-electron chi connectivity index (χ4n) is 6.45. The van der Waals surface area contributed by atoms with E-state index in [2.05, 4.69) is 25.9 Å². The monoisotopic (exact) mass is 705 g/mol. The standard InChI is InChI=1S/C35H43N7O5S2/c1-6-19(4)27-34-38-23(16-49-34)29(43)36-22(15-21-11-8-7-9-12-21)35(46)42-14-10-13-25(42)32-41-28(20(5)47-32)31(45)39-26(18(2)3)33-37-24(17-48-33)30(44)40-27/h7-9,11-12,16-20,22,25-28H,6,10,13-15H2,1-5H3,(H,36,43)(H,39,45)(H,40,44). The summed E-state index contributed by atoms with van der Waals surface area (Å²) >= 11 is 2.61. The van der Waals surface area contributed by atoms with E-state index in [1.54, 1.807) is 22.6 Å². The number of aromatic nitrogens is 2. The lowest BCUT2D eigenvalue weighted by atomic mass is 9.99. The molecule has 14 heteroatoms. The van der Waals surface area contributed by atoms with E-state index in [0.29, 0.717) is 28.9 Å². The third-order valence-corrected chi connectivity index (χ3v) is 11.4. The number of ether oxygens (including phenoxy) is 1. The number of nitrogens with zero attached hydrogens (tertiary/aromatic N) is 4. The van der Waals surface area contributed by atoms with Gasteiger partial charge in [-0.15, -0.1) is 22.7 Å². The largest absolute Gasteiger partial charge is 0.474 e. The molecular weight excluding hydrogens is 663 g/mol. The zero-order chi connectivity index (χ0) is 34.8. The Morgan fingerprint density at radius 1 is 0.918 bits per heavy atom. The lowest BCUT2D eigenvalue weighted by Gasteiger charge is -2.29. The van der Waals surface area contributed by atoms with Crippen molar-refractivity contribution in [1.82, 2.24) is 30.8 Å². The highest BCUT2D eigenvalue weighted by Crippen LogP contribution is 2.31. The van der Waals surface area contributed by atoms with E-state index in [-0.39, 0.29) is 47.4 Å². The maximum Gasteiger partial charge on any atom is 0.271 e. The molecule has 5 heterocycles. The molecule has 3 aliphatic rings. The minimum absolute atomic E-state index is 0.00816. The Morgan fingerprint density at radius 3 is 2.22 bits per heavy atom. The highest BCUT2D eigenvalue weighted by molar-refractivity contribution is 7.10. The average molecular weight is 706 g/mol. The molecule has 260 valence electrons. The van der Waals surface area contributed by atoms with Gasteiger partial charge in [0.1, 0.15) is 39.6 Å². The Bertz CT molecular complexity index is 1720. The summed E-state index contributed by atoms with van der Waals surface area (Å²) in [6, 6.07) is 6.46. The molecule has 6 rings (SSSR count). The summed E-state index contributed by atoms with van der Waals surface area (Å²) in [7, 11) is 0. The van der Waals surface area contributed by atoms with Gasteiger partial charge in [-0.1, -0.05) is 64.4 Å². The molecule has 6 bridgehead atoms. The summed E-state index contributed by atoms with van der Waals surface area (Å²) in [5.74, 6) is -1.07. The molecule has 3 aromatic rings. The molecule has 3 aliphatic heterocycles. The molecule has 0 saturated carbocycles. The van der Waals surface area contributed by atoms with E-state index in [9.17, 15) is 19.2 Å². The first-order valence-electron chi connectivity index (χ1n) is 17.0. The molecule has 1 saturated heterocycles. The Kier molecular flexibility index (Phi) is 10.4. The third-order valence-electron chi connectivity index (χ3n) is 9.50. The normalized spacial score (nSPS) is 27.0. The van der Waals surface area contributed by atoms with Crippen molar-refractivity contribution < 1.29 is 23.9 Å². The number of fused-ring (bicyclic) bond motifs is 7. The van der Waals surface area contributed by atoms with Crippen molar-refractivity contribution in [2.45, 2.75) is 96.6 Å². The molecule has 1 fully saturated rings. The highest BCUT2D eigenvalue weighted by Gasteiger charge is 2.43. The number of carbonyl (C=O) groups excluding carboxylic acids is 4. The molecule has 2 aromatic heterocycles. The number of aliphatic imine (C=N–C) groups is 1. The number of rotatable bonds is 5. The fraction of sp³-hybridized carbons (Fsp3) is 0.514. The van der Waals surface area contributed by atoms with Crippen molar-refractivity contribution in [3.05, 3.63) is 68.1 Å². The smallest absolute Gasteiger partial charge is 0.271 e. The second-order valence-electron chi connectivity index (χ2n) is 13.3. The van der Waals surface area contributed by atoms with Crippen molar-refractivity contribution in [2.75, 3.05) is 6.54 Å². The van der Waals surface area contributed by atoms with E-state index in [4.69, 9.17) is 9.73 Å². The summed E-state index contributed by atoms with van der Waals surface area (Å²) in [5.41, 5.74) is 1.32. The summed E-state index contributed by atoms with van der Waals surface area (Å²) in [5, 5.41) is 13.7. The van der Waals surface area contributed by atoms with Gasteiger partial charge in [0.25, 0.3) is 11.8 Å². The number of carbonyl (C=O) groups is 4. The molecule has 0 aliphatic carbocycles. The van der Waals surface area contributed by atoms with Gasteiger partial charge in [-0.3, -0.25) is 19.2 Å². The van der Waals surface area contributed by atoms with E-state index < -0.39 is 42.2 Å². The predicted octanol–water partition coefficient (Wildman–Crippen LogP) is 4.46. The topological polar surface area (TPSA) is 155 Å². The van der Waals surface area contributed by atoms with Crippen LogP contribution < -0.4 is 16.0 Å². The second-order valence-corrected chi connectivity index (χ2v) is 15.1. The molecule has 3 N–H and O–H groups in total. The molecule has 12 nitrogen and oxygen atoms in total. The van der Waals surface area contributed by atoms with Crippen LogP contribution in [0.4, 0.5) is 0 Å². The van der Waals surface area contributed by atoms with Crippen molar-refractivity contribution in [1.29, 1.82) is 0 Å². The van der Waals surface area contributed by atoms with Crippen LogP contribution in [-0.2, 0) is 20.7 Å². The van der Waals surface area contributed by atoms with Gasteiger partial charge in [-0.25, -0.2) is 15.0 Å². The molecule has 1 aromatic carbocycles.